The van der Waals surface area contributed by atoms with Gasteiger partial charge in [-0.05, 0) is 69.9 Å². The lowest BCUT2D eigenvalue weighted by Crippen LogP contribution is -2.36. The van der Waals surface area contributed by atoms with Gasteiger partial charge in [0.2, 0.25) is 0 Å². The number of halogens is 1. The predicted molar refractivity (Wildman–Crippen MR) is 132 cm³/mol. The maximum absolute atomic E-state index is 6.00. The molecule has 178 valence electrons. The molecule has 0 spiro atoms. The minimum atomic E-state index is 0.747. The smallest absolute Gasteiger partial charge is 0.0599 e. The normalized spacial score (nSPS) is 24.1. The molecule has 0 radical (unpaired) electrons. The van der Waals surface area contributed by atoms with Crippen molar-refractivity contribution < 1.29 is 14.2 Å². The highest BCUT2D eigenvalue weighted by Gasteiger charge is 2.30. The fourth-order valence-electron chi connectivity index (χ4n) is 4.94. The maximum atomic E-state index is 6.00. The molecule has 0 unspecified atom stereocenters. The van der Waals surface area contributed by atoms with Crippen LogP contribution in [0.4, 0.5) is 0 Å². The van der Waals surface area contributed by atoms with Gasteiger partial charge in [0.05, 0.1) is 19.8 Å². The second kappa shape index (κ2) is 17.0. The standard InChI is InChI=1S/C23H46IN3O3/c1-3-23-19-22(20-27(23)13-18-30-16-9-25-24)5-4-14-29-15-8-21-6-10-26(11-7-21)12-17-28-2/h21-23,25H,3-20H2,1-2H3/t22-,23+/m0/s1. The Morgan fingerprint density at radius 1 is 0.933 bits per heavy atom. The molecule has 2 rings (SSSR count). The summed E-state index contributed by atoms with van der Waals surface area (Å²) in [5, 5.41) is 0. The summed E-state index contributed by atoms with van der Waals surface area (Å²) in [4.78, 5) is 5.19. The fourth-order valence-corrected chi connectivity index (χ4v) is 5.16. The van der Waals surface area contributed by atoms with Crippen molar-refractivity contribution in [1.29, 1.82) is 0 Å². The molecular formula is C23H46IN3O3. The first-order chi connectivity index (χ1) is 14.8. The minimum absolute atomic E-state index is 0.747. The summed E-state index contributed by atoms with van der Waals surface area (Å²) in [6.45, 7) is 13.5. The molecule has 7 heteroatoms. The number of nitrogens with zero attached hydrogens (tertiary/aromatic N) is 2. The van der Waals surface area contributed by atoms with Crippen LogP contribution in [0.15, 0.2) is 0 Å². The van der Waals surface area contributed by atoms with Gasteiger partial charge < -0.3 is 19.1 Å². The molecule has 30 heavy (non-hydrogen) atoms. The van der Waals surface area contributed by atoms with E-state index in [0.29, 0.717) is 0 Å². The molecule has 2 saturated heterocycles. The number of hydrogen-bond acceptors (Lipinski definition) is 6. The summed E-state index contributed by atoms with van der Waals surface area (Å²) < 4.78 is 20.0. The highest BCUT2D eigenvalue weighted by molar-refractivity contribution is 14.1. The van der Waals surface area contributed by atoms with Crippen LogP contribution in [0.5, 0.6) is 0 Å². The number of hydrogen-bond donors (Lipinski definition) is 1. The Balaban J connectivity index is 1.46. The van der Waals surface area contributed by atoms with Crippen molar-refractivity contribution >= 4 is 22.9 Å². The topological polar surface area (TPSA) is 46.2 Å². The van der Waals surface area contributed by atoms with Crippen LogP contribution in [0.2, 0.25) is 0 Å². The van der Waals surface area contributed by atoms with Gasteiger partial charge in [-0.15, -0.1) is 0 Å². The van der Waals surface area contributed by atoms with Gasteiger partial charge in [0, 0.05) is 75.4 Å². The highest BCUT2D eigenvalue weighted by Crippen LogP contribution is 2.28. The van der Waals surface area contributed by atoms with Gasteiger partial charge in [-0.3, -0.25) is 8.43 Å². The first-order valence-electron chi connectivity index (χ1n) is 12.2. The number of rotatable bonds is 17. The van der Waals surface area contributed by atoms with Crippen LogP contribution in [0.1, 0.15) is 51.9 Å². The molecule has 0 aliphatic carbocycles. The summed E-state index contributed by atoms with van der Waals surface area (Å²) in [5.74, 6) is 1.69. The van der Waals surface area contributed by atoms with Crippen molar-refractivity contribution in [1.82, 2.24) is 13.3 Å². The second-order valence-corrected chi connectivity index (χ2v) is 9.74. The average Bonchev–Trinajstić information content (AvgIpc) is 3.17. The Kier molecular flexibility index (Phi) is 15.2. The van der Waals surface area contributed by atoms with E-state index >= 15 is 0 Å². The largest absolute Gasteiger partial charge is 0.383 e. The Bertz CT molecular complexity index is 411. The predicted octanol–water partition coefficient (Wildman–Crippen LogP) is 3.59. The molecule has 0 bridgehead atoms. The van der Waals surface area contributed by atoms with Gasteiger partial charge in [0.25, 0.3) is 0 Å². The molecule has 0 saturated carbocycles. The summed E-state index contributed by atoms with van der Waals surface area (Å²) in [7, 11) is 1.79. The number of methoxy groups -OCH3 is 1. The van der Waals surface area contributed by atoms with Crippen molar-refractivity contribution in [2.24, 2.45) is 11.8 Å². The van der Waals surface area contributed by atoms with Gasteiger partial charge in [0.1, 0.15) is 0 Å². The minimum Gasteiger partial charge on any atom is -0.383 e. The Morgan fingerprint density at radius 3 is 2.47 bits per heavy atom. The van der Waals surface area contributed by atoms with Crippen molar-refractivity contribution in [2.75, 3.05) is 79.4 Å². The molecule has 0 aromatic carbocycles. The van der Waals surface area contributed by atoms with Crippen LogP contribution in [-0.2, 0) is 14.2 Å². The molecule has 1 N–H and O–H groups in total. The first kappa shape index (κ1) is 26.7. The number of likely N-dealkylation sites (tertiary alicyclic amines) is 2. The molecule has 2 atom stereocenters. The highest BCUT2D eigenvalue weighted by atomic mass is 127. The quantitative estimate of drug-likeness (QED) is 0.173. The SMILES string of the molecule is CC[C@@H]1C[C@H](CCCOCCC2CCN(CCOC)CC2)CN1CCOCCNI. The summed E-state index contributed by atoms with van der Waals surface area (Å²) in [6, 6.07) is 0.747. The third-order valence-corrected chi connectivity index (χ3v) is 7.38. The van der Waals surface area contributed by atoms with Crippen molar-refractivity contribution in [3.8, 4) is 0 Å². The third-order valence-electron chi connectivity index (χ3n) is 6.84. The van der Waals surface area contributed by atoms with E-state index in [9.17, 15) is 0 Å². The number of piperidine rings is 1. The third kappa shape index (κ3) is 10.9. The van der Waals surface area contributed by atoms with Gasteiger partial charge in [-0.25, -0.2) is 0 Å². The van der Waals surface area contributed by atoms with E-state index in [1.54, 1.807) is 7.11 Å². The lowest BCUT2D eigenvalue weighted by molar-refractivity contribution is 0.0868. The molecule has 2 aliphatic rings. The van der Waals surface area contributed by atoms with Crippen LogP contribution < -0.4 is 3.53 Å². The zero-order valence-electron chi connectivity index (χ0n) is 19.5. The monoisotopic (exact) mass is 539 g/mol. The van der Waals surface area contributed by atoms with Crippen LogP contribution >= 0.6 is 22.9 Å². The molecule has 2 heterocycles. The zero-order chi connectivity index (χ0) is 21.4. The van der Waals surface area contributed by atoms with Crippen molar-refractivity contribution in [2.45, 2.75) is 57.9 Å². The van der Waals surface area contributed by atoms with E-state index < -0.39 is 0 Å². The van der Waals surface area contributed by atoms with E-state index in [2.05, 4.69) is 43.1 Å². The van der Waals surface area contributed by atoms with E-state index in [-0.39, 0.29) is 0 Å². The molecule has 0 aromatic rings. The van der Waals surface area contributed by atoms with Crippen LogP contribution in [0, 0.1) is 11.8 Å². The van der Waals surface area contributed by atoms with Gasteiger partial charge in [-0.2, -0.15) is 0 Å². The van der Waals surface area contributed by atoms with Crippen molar-refractivity contribution in [3.05, 3.63) is 0 Å². The van der Waals surface area contributed by atoms with E-state index in [1.165, 1.54) is 64.6 Å². The molecule has 2 fully saturated rings. The summed E-state index contributed by atoms with van der Waals surface area (Å²) >= 11 is 2.17. The van der Waals surface area contributed by atoms with E-state index in [1.807, 2.05) is 0 Å². The van der Waals surface area contributed by atoms with Gasteiger partial charge in [-0.1, -0.05) is 6.92 Å². The van der Waals surface area contributed by atoms with E-state index in [0.717, 1.165) is 70.5 Å². The molecule has 0 amide bonds. The molecular weight excluding hydrogens is 493 g/mol. The van der Waals surface area contributed by atoms with Crippen LogP contribution in [-0.4, -0.2) is 95.3 Å². The maximum Gasteiger partial charge on any atom is 0.0599 e. The Labute approximate surface area is 199 Å². The Hall–Kier alpha value is 0.490. The van der Waals surface area contributed by atoms with Crippen molar-refractivity contribution in [3.63, 3.8) is 0 Å². The Morgan fingerprint density at radius 2 is 1.73 bits per heavy atom. The lowest BCUT2D eigenvalue weighted by Gasteiger charge is -2.31. The lowest BCUT2D eigenvalue weighted by atomic mass is 9.94. The summed E-state index contributed by atoms with van der Waals surface area (Å²) in [5.41, 5.74) is 0. The molecule has 2 aliphatic heterocycles. The van der Waals surface area contributed by atoms with E-state index in [4.69, 9.17) is 14.2 Å². The van der Waals surface area contributed by atoms with Gasteiger partial charge >= 0.3 is 0 Å². The fraction of sp³-hybridized carbons (Fsp3) is 1.00. The second-order valence-electron chi connectivity index (χ2n) is 8.98. The zero-order valence-corrected chi connectivity index (χ0v) is 21.6. The number of ether oxygens (including phenoxy) is 3. The number of nitrogens with one attached hydrogen (secondary N) is 1. The summed E-state index contributed by atoms with van der Waals surface area (Å²) in [6.07, 6.45) is 9.01. The average molecular weight is 540 g/mol. The van der Waals surface area contributed by atoms with Gasteiger partial charge in [0.15, 0.2) is 0 Å². The molecule has 0 aromatic heterocycles. The molecule has 6 nitrogen and oxygen atoms in total. The van der Waals surface area contributed by atoms with Crippen LogP contribution in [0.3, 0.4) is 0 Å². The first-order valence-corrected chi connectivity index (χ1v) is 13.3. The van der Waals surface area contributed by atoms with Crippen LogP contribution in [0.25, 0.3) is 0 Å².